The lowest BCUT2D eigenvalue weighted by Gasteiger charge is -2.32. The number of carboxylic acids is 1. The molecule has 0 aliphatic carbocycles. The minimum atomic E-state index is -0.976. The van der Waals surface area contributed by atoms with Crippen LogP contribution in [0.1, 0.15) is 33.1 Å². The zero-order valence-corrected chi connectivity index (χ0v) is 10.0. The maximum atomic E-state index is 11.7. The van der Waals surface area contributed by atoms with Crippen molar-refractivity contribution >= 4 is 17.8 Å². The molecule has 0 bridgehead atoms. The van der Waals surface area contributed by atoms with Crippen LogP contribution in [0.15, 0.2) is 0 Å². The molecule has 3 unspecified atom stereocenters. The number of amides is 2. The molecule has 0 spiro atoms. The van der Waals surface area contributed by atoms with E-state index in [1.807, 2.05) is 13.8 Å². The number of hydrogen-bond donors (Lipinski definition) is 3. The van der Waals surface area contributed by atoms with Gasteiger partial charge in [-0.1, -0.05) is 20.3 Å². The Morgan fingerprint density at radius 2 is 2.00 bits per heavy atom. The Bertz CT molecular complexity index is 329. The predicted octanol–water partition coefficient (Wildman–Crippen LogP) is -0.119. The highest BCUT2D eigenvalue weighted by Crippen LogP contribution is 2.13. The van der Waals surface area contributed by atoms with Crippen LogP contribution >= 0.6 is 0 Å². The van der Waals surface area contributed by atoms with E-state index in [0.717, 1.165) is 6.42 Å². The zero-order chi connectivity index (χ0) is 13.0. The molecule has 0 aromatic heterocycles. The van der Waals surface area contributed by atoms with Gasteiger partial charge in [0.25, 0.3) is 0 Å². The lowest BCUT2D eigenvalue weighted by Crippen LogP contribution is -2.63. The molecular weight excluding hydrogens is 224 g/mol. The Kier molecular flexibility index (Phi) is 4.48. The lowest BCUT2D eigenvalue weighted by atomic mass is 9.95. The number of aliphatic carboxylic acids is 1. The fourth-order valence-corrected chi connectivity index (χ4v) is 1.75. The van der Waals surface area contributed by atoms with Crippen molar-refractivity contribution < 1.29 is 19.5 Å². The Morgan fingerprint density at radius 1 is 1.35 bits per heavy atom. The fraction of sp³-hybridized carbons (Fsp3) is 0.727. The quantitative estimate of drug-likeness (QED) is 0.626. The van der Waals surface area contributed by atoms with E-state index in [4.69, 9.17) is 5.11 Å². The van der Waals surface area contributed by atoms with Crippen LogP contribution in [0.3, 0.4) is 0 Å². The first kappa shape index (κ1) is 13.5. The predicted molar refractivity (Wildman–Crippen MR) is 60.2 cm³/mol. The van der Waals surface area contributed by atoms with Crippen molar-refractivity contribution in [1.29, 1.82) is 0 Å². The number of carbonyl (C=O) groups excluding carboxylic acids is 2. The van der Waals surface area contributed by atoms with Crippen LogP contribution in [0.5, 0.6) is 0 Å². The van der Waals surface area contributed by atoms with Crippen LogP contribution in [0.25, 0.3) is 0 Å². The summed E-state index contributed by atoms with van der Waals surface area (Å²) in [5, 5.41) is 13.7. The van der Waals surface area contributed by atoms with Crippen LogP contribution in [-0.2, 0) is 14.4 Å². The summed E-state index contributed by atoms with van der Waals surface area (Å²) < 4.78 is 0. The second-order valence-electron chi connectivity index (χ2n) is 4.37. The Hall–Kier alpha value is -1.59. The highest BCUT2D eigenvalue weighted by Gasteiger charge is 2.35. The third-order valence-corrected chi connectivity index (χ3v) is 3.07. The van der Waals surface area contributed by atoms with Gasteiger partial charge < -0.3 is 15.7 Å². The van der Waals surface area contributed by atoms with Gasteiger partial charge in [0.2, 0.25) is 11.8 Å². The van der Waals surface area contributed by atoms with E-state index in [-0.39, 0.29) is 30.6 Å². The number of rotatable bonds is 5. The van der Waals surface area contributed by atoms with Gasteiger partial charge in [-0.15, -0.1) is 0 Å². The van der Waals surface area contributed by atoms with Gasteiger partial charge >= 0.3 is 5.97 Å². The minimum absolute atomic E-state index is 0.0689. The molecule has 2 amide bonds. The van der Waals surface area contributed by atoms with Crippen LogP contribution in [0.2, 0.25) is 0 Å². The van der Waals surface area contributed by atoms with E-state index in [9.17, 15) is 14.4 Å². The molecule has 0 radical (unpaired) electrons. The highest BCUT2D eigenvalue weighted by atomic mass is 16.4. The molecule has 0 aromatic rings. The number of nitrogens with one attached hydrogen (secondary N) is 2. The van der Waals surface area contributed by atoms with Crippen molar-refractivity contribution in [2.24, 2.45) is 5.92 Å². The first-order valence-electron chi connectivity index (χ1n) is 5.78. The summed E-state index contributed by atoms with van der Waals surface area (Å²) in [5.41, 5.74) is 0. The van der Waals surface area contributed by atoms with Crippen molar-refractivity contribution in [2.75, 3.05) is 0 Å². The largest absolute Gasteiger partial charge is 0.481 e. The van der Waals surface area contributed by atoms with Crippen molar-refractivity contribution in [3.63, 3.8) is 0 Å². The molecule has 1 heterocycles. The van der Waals surface area contributed by atoms with Crippen LogP contribution < -0.4 is 10.6 Å². The molecule has 6 nitrogen and oxygen atoms in total. The molecule has 3 N–H and O–H groups in total. The third-order valence-electron chi connectivity index (χ3n) is 3.07. The maximum Gasteiger partial charge on any atom is 0.303 e. The third kappa shape index (κ3) is 3.44. The van der Waals surface area contributed by atoms with Crippen LogP contribution in [0.4, 0.5) is 0 Å². The van der Waals surface area contributed by atoms with E-state index < -0.39 is 18.1 Å². The number of carboxylic acid groups (broad SMARTS) is 1. The Morgan fingerprint density at radius 3 is 2.53 bits per heavy atom. The summed E-state index contributed by atoms with van der Waals surface area (Å²) in [6.45, 7) is 3.84. The summed E-state index contributed by atoms with van der Waals surface area (Å²) in [5.74, 6) is -1.43. The molecule has 96 valence electrons. The maximum absolute atomic E-state index is 11.7. The van der Waals surface area contributed by atoms with Gasteiger partial charge in [-0.3, -0.25) is 14.4 Å². The average molecular weight is 242 g/mol. The van der Waals surface area contributed by atoms with Crippen LogP contribution in [0, 0.1) is 5.92 Å². The lowest BCUT2D eigenvalue weighted by molar-refractivity contribution is -0.140. The van der Waals surface area contributed by atoms with Crippen molar-refractivity contribution in [3.05, 3.63) is 0 Å². The topological polar surface area (TPSA) is 95.5 Å². The Labute approximate surface area is 99.8 Å². The molecule has 1 aliphatic rings. The minimum Gasteiger partial charge on any atom is -0.481 e. The van der Waals surface area contributed by atoms with E-state index in [1.165, 1.54) is 0 Å². The number of carbonyl (C=O) groups is 3. The molecule has 1 aliphatic heterocycles. The zero-order valence-electron chi connectivity index (χ0n) is 10.0. The van der Waals surface area contributed by atoms with E-state index in [2.05, 4.69) is 10.6 Å². The summed E-state index contributed by atoms with van der Waals surface area (Å²) in [4.78, 5) is 33.8. The molecule has 17 heavy (non-hydrogen) atoms. The van der Waals surface area contributed by atoms with Gasteiger partial charge in [0.15, 0.2) is 0 Å². The average Bonchev–Trinajstić information content (AvgIpc) is 2.28. The SMILES string of the molecule is CCC(C)C1NC(=O)C(CCC(=O)O)NC1=O. The summed E-state index contributed by atoms with van der Waals surface area (Å²) in [6.07, 6.45) is 0.782. The molecule has 0 aromatic carbocycles. The first-order chi connectivity index (χ1) is 7.95. The van der Waals surface area contributed by atoms with Gasteiger partial charge in [-0.25, -0.2) is 0 Å². The molecule has 3 atom stereocenters. The molecule has 1 fully saturated rings. The second kappa shape index (κ2) is 5.65. The van der Waals surface area contributed by atoms with E-state index in [0.29, 0.717) is 0 Å². The Balaban J connectivity index is 2.58. The second-order valence-corrected chi connectivity index (χ2v) is 4.37. The molecule has 1 rings (SSSR count). The summed E-state index contributed by atoms with van der Waals surface area (Å²) in [6, 6.07) is -1.23. The van der Waals surface area contributed by atoms with Gasteiger partial charge in [0, 0.05) is 6.42 Å². The molecule has 0 saturated carbocycles. The molecule has 1 saturated heterocycles. The van der Waals surface area contributed by atoms with Gasteiger partial charge in [-0.05, 0) is 12.3 Å². The highest BCUT2D eigenvalue weighted by molar-refractivity contribution is 5.97. The number of hydrogen-bond acceptors (Lipinski definition) is 3. The monoisotopic (exact) mass is 242 g/mol. The molecular formula is C11H18N2O4. The van der Waals surface area contributed by atoms with Gasteiger partial charge in [0.05, 0.1) is 0 Å². The summed E-state index contributed by atoms with van der Waals surface area (Å²) >= 11 is 0. The van der Waals surface area contributed by atoms with Gasteiger partial charge in [-0.2, -0.15) is 0 Å². The summed E-state index contributed by atoms with van der Waals surface area (Å²) in [7, 11) is 0. The standard InChI is InChI=1S/C11H18N2O4/c1-3-6(2)9-11(17)12-7(10(16)13-9)4-5-8(14)15/h6-7,9H,3-5H2,1-2H3,(H,12,17)(H,13,16)(H,14,15). The van der Waals surface area contributed by atoms with E-state index in [1.54, 1.807) is 0 Å². The fourth-order valence-electron chi connectivity index (χ4n) is 1.75. The van der Waals surface area contributed by atoms with E-state index >= 15 is 0 Å². The normalized spacial score (nSPS) is 26.0. The first-order valence-corrected chi connectivity index (χ1v) is 5.78. The van der Waals surface area contributed by atoms with Crippen molar-refractivity contribution in [3.8, 4) is 0 Å². The smallest absolute Gasteiger partial charge is 0.303 e. The number of piperazine rings is 1. The van der Waals surface area contributed by atoms with Crippen molar-refractivity contribution in [1.82, 2.24) is 10.6 Å². The molecule has 6 heteroatoms. The van der Waals surface area contributed by atoms with Crippen molar-refractivity contribution in [2.45, 2.75) is 45.2 Å². The van der Waals surface area contributed by atoms with Gasteiger partial charge in [0.1, 0.15) is 12.1 Å². The van der Waals surface area contributed by atoms with Crippen LogP contribution in [-0.4, -0.2) is 35.0 Å².